The van der Waals surface area contributed by atoms with Crippen LogP contribution in [0, 0.1) is 0 Å². The van der Waals surface area contributed by atoms with Crippen LogP contribution in [-0.4, -0.2) is 36.2 Å². The Bertz CT molecular complexity index is 412. The van der Waals surface area contributed by atoms with Crippen molar-refractivity contribution in [2.45, 2.75) is 6.04 Å². The second-order valence-electron chi connectivity index (χ2n) is 4.17. The summed E-state index contributed by atoms with van der Waals surface area (Å²) < 4.78 is 0.979. The highest BCUT2D eigenvalue weighted by Gasteiger charge is 2.21. The number of nitrogens with one attached hydrogen (secondary N) is 1. The number of hydrogen-bond donors (Lipinski definition) is 2. The minimum Gasteiger partial charge on any atom is -0.508 e. The van der Waals surface area contributed by atoms with Gasteiger partial charge in [-0.1, -0.05) is 22.0 Å². The molecule has 0 aromatic heterocycles. The van der Waals surface area contributed by atoms with Crippen molar-refractivity contribution in [3.63, 3.8) is 0 Å². The Hall–Kier alpha value is -0.260. The van der Waals surface area contributed by atoms with Gasteiger partial charge < -0.3 is 10.4 Å². The number of phenols is 1. The van der Waals surface area contributed by atoms with Crippen LogP contribution in [0.2, 0.25) is 0 Å². The van der Waals surface area contributed by atoms with Crippen LogP contribution >= 0.6 is 40.7 Å². The molecule has 0 spiro atoms. The number of benzene rings is 1. The van der Waals surface area contributed by atoms with Crippen LogP contribution in [-0.2, 0) is 0 Å². The van der Waals surface area contributed by atoms with E-state index in [1.165, 1.54) is 0 Å². The third-order valence-corrected chi connectivity index (χ3v) is 3.57. The first-order valence-corrected chi connectivity index (χ1v) is 6.57. The Labute approximate surface area is 135 Å². The molecule has 1 aromatic rings. The Kier molecular flexibility index (Phi) is 8.70. The van der Waals surface area contributed by atoms with Gasteiger partial charge in [0.25, 0.3) is 0 Å². The number of aromatic hydroxyl groups is 1. The first-order chi connectivity index (χ1) is 8.22. The molecule has 0 saturated carbocycles. The van der Waals surface area contributed by atoms with E-state index in [1.54, 1.807) is 6.07 Å². The molecule has 1 aliphatic heterocycles. The molecule has 2 N–H and O–H groups in total. The van der Waals surface area contributed by atoms with E-state index in [4.69, 9.17) is 0 Å². The SMILES string of the molecule is C=C[C@@H](c1cc(Br)ccc1O)N1CCNCC1.Cl.Cl. The van der Waals surface area contributed by atoms with E-state index in [-0.39, 0.29) is 30.9 Å². The van der Waals surface area contributed by atoms with Gasteiger partial charge in [-0.05, 0) is 18.2 Å². The zero-order valence-electron chi connectivity index (χ0n) is 10.5. The van der Waals surface area contributed by atoms with Gasteiger partial charge in [-0.3, -0.25) is 4.90 Å². The van der Waals surface area contributed by atoms with Gasteiger partial charge >= 0.3 is 0 Å². The van der Waals surface area contributed by atoms with Crippen LogP contribution in [0.15, 0.2) is 35.3 Å². The summed E-state index contributed by atoms with van der Waals surface area (Å²) in [6.07, 6.45) is 1.90. The lowest BCUT2D eigenvalue weighted by Crippen LogP contribution is -2.44. The van der Waals surface area contributed by atoms with Crippen LogP contribution in [0.5, 0.6) is 5.75 Å². The van der Waals surface area contributed by atoms with E-state index in [9.17, 15) is 5.11 Å². The van der Waals surface area contributed by atoms with Crippen molar-refractivity contribution < 1.29 is 5.11 Å². The molecule has 1 aromatic carbocycles. The van der Waals surface area contributed by atoms with Gasteiger partial charge in [-0.25, -0.2) is 0 Å². The first kappa shape index (κ1) is 18.7. The number of halogens is 3. The third-order valence-electron chi connectivity index (χ3n) is 3.08. The van der Waals surface area contributed by atoms with Crippen LogP contribution in [0.3, 0.4) is 0 Å². The Morgan fingerprint density at radius 3 is 2.53 bits per heavy atom. The fraction of sp³-hybridized carbons (Fsp3) is 0.385. The maximum absolute atomic E-state index is 9.96. The number of phenolic OH excluding ortho intramolecular Hbond substituents is 1. The third kappa shape index (κ3) is 4.65. The Balaban J connectivity index is 0.00000162. The standard InChI is InChI=1S/C13H17BrN2O.2ClH/c1-2-12(16-7-5-15-6-8-16)11-9-10(14)3-4-13(11)17;;/h2-4,9,12,15,17H,1,5-8H2;2*1H/t12-;;/m0../s1. The van der Waals surface area contributed by atoms with E-state index < -0.39 is 0 Å². The second-order valence-corrected chi connectivity index (χ2v) is 5.09. The largest absolute Gasteiger partial charge is 0.508 e. The molecular formula is C13H19BrCl2N2O. The van der Waals surface area contributed by atoms with Gasteiger partial charge in [0, 0.05) is 36.2 Å². The number of nitrogens with zero attached hydrogens (tertiary/aromatic N) is 1. The van der Waals surface area contributed by atoms with Crippen molar-refractivity contribution in [2.24, 2.45) is 0 Å². The van der Waals surface area contributed by atoms with Crippen molar-refractivity contribution in [1.29, 1.82) is 0 Å². The van der Waals surface area contributed by atoms with Crippen molar-refractivity contribution in [3.8, 4) is 5.75 Å². The molecule has 0 aliphatic carbocycles. The summed E-state index contributed by atoms with van der Waals surface area (Å²) in [5.41, 5.74) is 0.913. The predicted octanol–water partition coefficient (Wildman–Crippen LogP) is 3.13. The molecule has 0 bridgehead atoms. The summed E-state index contributed by atoms with van der Waals surface area (Å²) in [5, 5.41) is 13.3. The molecule has 108 valence electrons. The molecule has 1 atom stereocenters. The van der Waals surface area contributed by atoms with Gasteiger partial charge in [0.15, 0.2) is 0 Å². The lowest BCUT2D eigenvalue weighted by molar-refractivity contribution is 0.201. The quantitative estimate of drug-likeness (QED) is 0.803. The van der Waals surface area contributed by atoms with Gasteiger partial charge in [-0.2, -0.15) is 0 Å². The zero-order valence-corrected chi connectivity index (χ0v) is 13.7. The molecular weight excluding hydrogens is 351 g/mol. The van der Waals surface area contributed by atoms with E-state index in [0.717, 1.165) is 36.2 Å². The molecule has 19 heavy (non-hydrogen) atoms. The fourth-order valence-corrected chi connectivity index (χ4v) is 2.57. The molecule has 1 heterocycles. The Morgan fingerprint density at radius 2 is 1.95 bits per heavy atom. The van der Waals surface area contributed by atoms with Crippen molar-refractivity contribution >= 4 is 40.7 Å². The van der Waals surface area contributed by atoms with E-state index in [0.29, 0.717) is 5.75 Å². The maximum atomic E-state index is 9.96. The zero-order chi connectivity index (χ0) is 12.3. The molecule has 1 fully saturated rings. The molecule has 1 aliphatic rings. The second kappa shape index (κ2) is 8.82. The predicted molar refractivity (Wildman–Crippen MR) is 87.7 cm³/mol. The Morgan fingerprint density at radius 1 is 1.32 bits per heavy atom. The van der Waals surface area contributed by atoms with Crippen LogP contribution in [0.1, 0.15) is 11.6 Å². The summed E-state index contributed by atoms with van der Waals surface area (Å²) >= 11 is 3.44. The smallest absolute Gasteiger partial charge is 0.120 e. The van der Waals surface area contributed by atoms with Crippen molar-refractivity contribution in [3.05, 3.63) is 40.9 Å². The normalized spacial score (nSPS) is 16.9. The summed E-state index contributed by atoms with van der Waals surface area (Å²) in [6, 6.07) is 5.60. The summed E-state index contributed by atoms with van der Waals surface area (Å²) in [6.45, 7) is 7.82. The molecule has 0 unspecified atom stereocenters. The summed E-state index contributed by atoms with van der Waals surface area (Å²) in [4.78, 5) is 2.32. The molecule has 0 amide bonds. The lowest BCUT2D eigenvalue weighted by atomic mass is 10.0. The van der Waals surface area contributed by atoms with Gasteiger partial charge in [-0.15, -0.1) is 31.4 Å². The minimum absolute atomic E-state index is 0. The highest BCUT2D eigenvalue weighted by molar-refractivity contribution is 9.10. The van der Waals surface area contributed by atoms with Crippen LogP contribution < -0.4 is 5.32 Å². The monoisotopic (exact) mass is 368 g/mol. The fourth-order valence-electron chi connectivity index (χ4n) is 2.20. The van der Waals surface area contributed by atoms with Crippen molar-refractivity contribution in [1.82, 2.24) is 10.2 Å². The molecule has 2 rings (SSSR count). The summed E-state index contributed by atoms with van der Waals surface area (Å²) in [5.74, 6) is 0.330. The highest BCUT2D eigenvalue weighted by atomic mass is 79.9. The van der Waals surface area contributed by atoms with Gasteiger partial charge in [0.05, 0.1) is 6.04 Å². The highest BCUT2D eigenvalue weighted by Crippen LogP contribution is 2.32. The summed E-state index contributed by atoms with van der Waals surface area (Å²) in [7, 11) is 0. The molecule has 0 radical (unpaired) electrons. The average Bonchev–Trinajstić information content (AvgIpc) is 2.36. The van der Waals surface area contributed by atoms with E-state index in [1.807, 2.05) is 18.2 Å². The lowest BCUT2D eigenvalue weighted by Gasteiger charge is -2.33. The van der Waals surface area contributed by atoms with Crippen molar-refractivity contribution in [2.75, 3.05) is 26.2 Å². The number of hydrogen-bond acceptors (Lipinski definition) is 3. The topological polar surface area (TPSA) is 35.5 Å². The number of piperazine rings is 1. The maximum Gasteiger partial charge on any atom is 0.120 e. The van der Waals surface area contributed by atoms with E-state index >= 15 is 0 Å². The first-order valence-electron chi connectivity index (χ1n) is 5.78. The van der Waals surface area contributed by atoms with Crippen LogP contribution in [0.4, 0.5) is 0 Å². The van der Waals surface area contributed by atoms with Gasteiger partial charge in [0.1, 0.15) is 5.75 Å². The molecule has 3 nitrogen and oxygen atoms in total. The molecule has 1 saturated heterocycles. The van der Waals surface area contributed by atoms with Gasteiger partial charge in [0.2, 0.25) is 0 Å². The minimum atomic E-state index is 0. The van der Waals surface area contributed by atoms with E-state index in [2.05, 4.69) is 32.7 Å². The molecule has 6 heteroatoms. The number of rotatable bonds is 3. The average molecular weight is 370 g/mol. The van der Waals surface area contributed by atoms with Crippen LogP contribution in [0.25, 0.3) is 0 Å².